The Morgan fingerprint density at radius 2 is 2.03 bits per heavy atom. The Labute approximate surface area is 200 Å². The fourth-order valence-electron chi connectivity index (χ4n) is 4.49. The number of ether oxygens (including phenoxy) is 2. The zero-order valence-electron chi connectivity index (χ0n) is 19.2. The van der Waals surface area contributed by atoms with Crippen molar-refractivity contribution in [2.75, 3.05) is 31.7 Å². The zero-order valence-corrected chi connectivity index (χ0v) is 19.2. The smallest absolute Gasteiger partial charge is 0.406 e. The first-order valence-corrected chi connectivity index (χ1v) is 11.4. The molecule has 1 aliphatic heterocycles. The predicted octanol–water partition coefficient (Wildman–Crippen LogP) is 3.73. The lowest BCUT2D eigenvalue weighted by molar-refractivity contribution is -0.274. The number of anilines is 1. The van der Waals surface area contributed by atoms with Gasteiger partial charge >= 0.3 is 12.4 Å². The third-order valence-corrected chi connectivity index (χ3v) is 6.06. The van der Waals surface area contributed by atoms with Gasteiger partial charge in [-0.1, -0.05) is 6.07 Å². The number of alkyl halides is 3. The molecule has 2 fully saturated rings. The highest BCUT2D eigenvalue weighted by molar-refractivity contribution is 5.75. The van der Waals surface area contributed by atoms with Gasteiger partial charge in [0, 0.05) is 56.5 Å². The lowest BCUT2D eigenvalue weighted by Gasteiger charge is -2.43. The van der Waals surface area contributed by atoms with Gasteiger partial charge in [-0.2, -0.15) is 5.10 Å². The van der Waals surface area contributed by atoms with Crippen molar-refractivity contribution >= 4 is 11.8 Å². The molecule has 2 aromatic rings. The summed E-state index contributed by atoms with van der Waals surface area (Å²) in [5, 5.41) is 10.9. The van der Waals surface area contributed by atoms with Crippen LogP contribution in [0.2, 0.25) is 0 Å². The Morgan fingerprint density at radius 3 is 2.66 bits per heavy atom. The van der Waals surface area contributed by atoms with Gasteiger partial charge in [-0.05, 0) is 37.5 Å². The highest BCUT2D eigenvalue weighted by atomic mass is 19.4. The van der Waals surface area contributed by atoms with Crippen LogP contribution in [0, 0.1) is 11.7 Å². The summed E-state index contributed by atoms with van der Waals surface area (Å²) < 4.78 is 60.5. The lowest BCUT2D eigenvalue weighted by Crippen LogP contribution is -2.56. The summed E-state index contributed by atoms with van der Waals surface area (Å²) in [5.41, 5.74) is 0.0608. The maximum atomic E-state index is 14.3. The van der Waals surface area contributed by atoms with Gasteiger partial charge < -0.3 is 24.6 Å². The molecule has 35 heavy (non-hydrogen) atoms. The Bertz CT molecular complexity index is 1010. The molecule has 190 valence electrons. The second-order valence-electron chi connectivity index (χ2n) is 8.80. The normalized spacial score (nSPS) is 20.4. The molecular formula is C23H27F4N5O3. The summed E-state index contributed by atoms with van der Waals surface area (Å²) in [5.74, 6) is -0.650. The van der Waals surface area contributed by atoms with Crippen LogP contribution in [0.4, 0.5) is 28.2 Å². The number of nitrogens with one attached hydrogen (secondary N) is 1. The van der Waals surface area contributed by atoms with Crippen LogP contribution >= 0.6 is 0 Å². The average molecular weight is 497 g/mol. The zero-order chi connectivity index (χ0) is 25.0. The van der Waals surface area contributed by atoms with Gasteiger partial charge in [0.2, 0.25) is 0 Å². The molecule has 1 aliphatic carbocycles. The van der Waals surface area contributed by atoms with Crippen LogP contribution in [-0.2, 0) is 11.3 Å². The van der Waals surface area contributed by atoms with Crippen molar-refractivity contribution in [3.05, 3.63) is 47.9 Å². The van der Waals surface area contributed by atoms with Crippen molar-refractivity contribution in [2.24, 2.45) is 5.92 Å². The third-order valence-electron chi connectivity index (χ3n) is 6.06. The van der Waals surface area contributed by atoms with Crippen LogP contribution in [0.1, 0.15) is 24.8 Å². The number of aromatic nitrogens is 2. The maximum Gasteiger partial charge on any atom is 0.573 e. The van der Waals surface area contributed by atoms with Gasteiger partial charge in [-0.15, -0.1) is 18.3 Å². The van der Waals surface area contributed by atoms with E-state index in [1.54, 1.807) is 13.3 Å². The molecular weight excluding hydrogens is 470 g/mol. The van der Waals surface area contributed by atoms with E-state index in [0.29, 0.717) is 19.2 Å². The van der Waals surface area contributed by atoms with E-state index in [1.165, 1.54) is 6.07 Å². The number of piperidine rings is 1. The van der Waals surface area contributed by atoms with Crippen LogP contribution in [0.3, 0.4) is 0 Å². The maximum absolute atomic E-state index is 14.3. The monoisotopic (exact) mass is 497 g/mol. The Hall–Kier alpha value is -3.15. The number of benzene rings is 1. The minimum Gasteiger partial charge on any atom is -0.406 e. The van der Waals surface area contributed by atoms with Crippen LogP contribution in [0.5, 0.6) is 5.75 Å². The van der Waals surface area contributed by atoms with E-state index in [4.69, 9.17) is 4.74 Å². The number of hydrogen-bond donors (Lipinski definition) is 1. The van der Waals surface area contributed by atoms with E-state index in [1.807, 2.05) is 17.0 Å². The minimum absolute atomic E-state index is 0.0608. The Balaban J connectivity index is 1.44. The first-order chi connectivity index (χ1) is 16.7. The van der Waals surface area contributed by atoms with Crippen molar-refractivity contribution in [3.8, 4) is 5.75 Å². The molecule has 1 aromatic carbocycles. The molecule has 2 amide bonds. The predicted molar refractivity (Wildman–Crippen MR) is 118 cm³/mol. The fourth-order valence-corrected chi connectivity index (χ4v) is 4.49. The van der Waals surface area contributed by atoms with Crippen molar-refractivity contribution < 1.29 is 31.8 Å². The van der Waals surface area contributed by atoms with Crippen molar-refractivity contribution in [2.45, 2.75) is 44.3 Å². The van der Waals surface area contributed by atoms with Crippen molar-refractivity contribution in [1.29, 1.82) is 0 Å². The summed E-state index contributed by atoms with van der Waals surface area (Å²) in [6.45, 7) is 1.66. The number of rotatable bonds is 8. The number of amides is 2. The quantitative estimate of drug-likeness (QED) is 0.560. The van der Waals surface area contributed by atoms with E-state index in [0.717, 1.165) is 37.7 Å². The molecule has 8 nitrogen and oxygen atoms in total. The van der Waals surface area contributed by atoms with E-state index in [9.17, 15) is 22.4 Å². The van der Waals surface area contributed by atoms with Crippen molar-refractivity contribution in [1.82, 2.24) is 20.4 Å². The number of carbonyl (C=O) groups excluding carboxylic acids is 1. The molecule has 1 aromatic heterocycles. The van der Waals surface area contributed by atoms with Crippen LogP contribution in [0.15, 0.2) is 36.5 Å². The Kier molecular flexibility index (Phi) is 7.58. The molecule has 1 N–H and O–H groups in total. The summed E-state index contributed by atoms with van der Waals surface area (Å²) >= 11 is 0. The number of methoxy groups -OCH3 is 1. The molecule has 0 bridgehead atoms. The summed E-state index contributed by atoms with van der Waals surface area (Å²) in [4.78, 5) is 17.1. The third kappa shape index (κ3) is 6.71. The van der Waals surface area contributed by atoms with E-state index >= 15 is 0 Å². The number of halogens is 4. The fraction of sp³-hybridized carbons (Fsp3) is 0.522. The van der Waals surface area contributed by atoms with Crippen LogP contribution in [0.25, 0.3) is 0 Å². The molecule has 4 rings (SSSR count). The van der Waals surface area contributed by atoms with Crippen molar-refractivity contribution in [3.63, 3.8) is 0 Å². The standard InChI is InChI=1S/C23H27F4N5O3/c1-34-14-15-9-18(13-31(12-15)21-3-2-8-29-30-21)32(17-5-6-17)22(33)28-11-16-4-7-19(10-20(16)24)35-23(25,26)27/h2-4,7-8,10,15,17-18H,5-6,9,11-14H2,1H3,(H,28,33). The highest BCUT2D eigenvalue weighted by Crippen LogP contribution is 2.34. The molecule has 2 unspecified atom stereocenters. The lowest BCUT2D eigenvalue weighted by atomic mass is 9.93. The topological polar surface area (TPSA) is 79.8 Å². The molecule has 2 atom stereocenters. The first kappa shape index (κ1) is 25.0. The number of carbonyl (C=O) groups is 1. The molecule has 1 saturated heterocycles. The largest absolute Gasteiger partial charge is 0.573 e. The van der Waals surface area contributed by atoms with Gasteiger partial charge in [-0.3, -0.25) is 0 Å². The van der Waals surface area contributed by atoms with Gasteiger partial charge in [0.05, 0.1) is 12.6 Å². The van der Waals surface area contributed by atoms with E-state index in [2.05, 4.69) is 25.2 Å². The Morgan fingerprint density at radius 1 is 1.23 bits per heavy atom. The summed E-state index contributed by atoms with van der Waals surface area (Å²) in [7, 11) is 1.64. The van der Waals surface area contributed by atoms with Crippen LogP contribution in [-0.4, -0.2) is 66.4 Å². The number of nitrogens with zero attached hydrogens (tertiary/aromatic N) is 4. The second kappa shape index (κ2) is 10.6. The number of urea groups is 1. The van der Waals surface area contributed by atoms with Gasteiger partial charge in [0.15, 0.2) is 5.82 Å². The first-order valence-electron chi connectivity index (χ1n) is 11.4. The van der Waals surface area contributed by atoms with Gasteiger partial charge in [0.25, 0.3) is 0 Å². The molecule has 2 heterocycles. The number of hydrogen-bond acceptors (Lipinski definition) is 6. The molecule has 0 spiro atoms. The van der Waals surface area contributed by atoms with E-state index < -0.39 is 17.9 Å². The van der Waals surface area contributed by atoms with E-state index in [-0.39, 0.29) is 36.1 Å². The average Bonchev–Trinajstić information content (AvgIpc) is 3.63. The second-order valence-corrected chi connectivity index (χ2v) is 8.80. The SMILES string of the molecule is COCC1CC(N(C(=O)NCc2ccc(OC(F)(F)F)cc2F)C2CC2)CN(c2cccnn2)C1. The van der Waals surface area contributed by atoms with Gasteiger partial charge in [-0.25, -0.2) is 9.18 Å². The summed E-state index contributed by atoms with van der Waals surface area (Å²) in [6.07, 6.45) is -0.814. The molecule has 0 radical (unpaired) electrons. The molecule has 2 aliphatic rings. The molecule has 12 heteroatoms. The minimum atomic E-state index is -4.91. The molecule has 1 saturated carbocycles. The van der Waals surface area contributed by atoms with Gasteiger partial charge in [0.1, 0.15) is 11.6 Å². The van der Waals surface area contributed by atoms with Crippen LogP contribution < -0.4 is 15.0 Å². The summed E-state index contributed by atoms with van der Waals surface area (Å²) in [6, 6.07) is 6.14. The highest BCUT2D eigenvalue weighted by Gasteiger charge is 2.41.